The van der Waals surface area contributed by atoms with Crippen molar-refractivity contribution in [1.82, 2.24) is 4.98 Å². The molecule has 0 saturated carbocycles. The van der Waals surface area contributed by atoms with Crippen LogP contribution >= 0.6 is 11.6 Å². The number of hydrogen-bond acceptors (Lipinski definition) is 1. The normalized spacial score (nSPS) is 11.8. The van der Waals surface area contributed by atoms with Gasteiger partial charge in [0, 0.05) is 28.0 Å². The average Bonchev–Trinajstić information content (AvgIpc) is 2.92. The molecule has 1 heterocycles. The van der Waals surface area contributed by atoms with Crippen LogP contribution in [0.5, 0.6) is 0 Å². The summed E-state index contributed by atoms with van der Waals surface area (Å²) in [7, 11) is 0. The Hall–Kier alpha value is -2.47. The number of rotatable bonds is 5. The third kappa shape index (κ3) is 3.85. The molecule has 26 heavy (non-hydrogen) atoms. The molecular formula is C19H15ClF3NO2. The van der Waals surface area contributed by atoms with Crippen molar-refractivity contribution in [2.24, 2.45) is 0 Å². The highest BCUT2D eigenvalue weighted by atomic mass is 35.5. The van der Waals surface area contributed by atoms with Gasteiger partial charge in [-0.05, 0) is 54.3 Å². The minimum absolute atomic E-state index is 0.0136. The van der Waals surface area contributed by atoms with Crippen LogP contribution in [0.4, 0.5) is 13.2 Å². The van der Waals surface area contributed by atoms with Crippen LogP contribution in [0, 0.1) is 0 Å². The number of benzene rings is 2. The van der Waals surface area contributed by atoms with Gasteiger partial charge in [-0.15, -0.1) is 0 Å². The number of nitrogens with one attached hydrogen (secondary N) is 1. The number of alkyl halides is 3. The predicted octanol–water partition coefficient (Wildman–Crippen LogP) is 5.91. The van der Waals surface area contributed by atoms with E-state index in [4.69, 9.17) is 16.7 Å². The summed E-state index contributed by atoms with van der Waals surface area (Å²) in [6, 6.07) is 10.2. The summed E-state index contributed by atoms with van der Waals surface area (Å²) in [5.41, 5.74) is 2.22. The highest BCUT2D eigenvalue weighted by molar-refractivity contribution is 6.31. The third-order valence-corrected chi connectivity index (χ3v) is 4.42. The molecule has 2 N–H and O–H groups in total. The van der Waals surface area contributed by atoms with Gasteiger partial charge < -0.3 is 10.1 Å². The van der Waals surface area contributed by atoms with Crippen molar-refractivity contribution in [3.8, 4) is 11.3 Å². The van der Waals surface area contributed by atoms with Gasteiger partial charge in [0.15, 0.2) is 0 Å². The molecule has 0 atom stereocenters. The van der Waals surface area contributed by atoms with Crippen LogP contribution in [-0.2, 0) is 17.4 Å². The van der Waals surface area contributed by atoms with Crippen molar-refractivity contribution in [2.75, 3.05) is 0 Å². The van der Waals surface area contributed by atoms with E-state index in [1.54, 1.807) is 18.2 Å². The average molecular weight is 382 g/mol. The molecule has 0 spiro atoms. The Bertz CT molecular complexity index is 946. The maximum absolute atomic E-state index is 12.8. The first-order valence-electron chi connectivity index (χ1n) is 7.95. The summed E-state index contributed by atoms with van der Waals surface area (Å²) < 4.78 is 38.3. The maximum Gasteiger partial charge on any atom is 0.416 e. The van der Waals surface area contributed by atoms with E-state index in [1.165, 1.54) is 12.1 Å². The number of fused-ring (bicyclic) bond motifs is 1. The molecule has 0 amide bonds. The van der Waals surface area contributed by atoms with Gasteiger partial charge in [0.05, 0.1) is 5.56 Å². The lowest BCUT2D eigenvalue weighted by Crippen LogP contribution is -2.04. The third-order valence-electron chi connectivity index (χ3n) is 4.19. The Morgan fingerprint density at radius 2 is 1.81 bits per heavy atom. The quantitative estimate of drug-likeness (QED) is 0.576. The highest BCUT2D eigenvalue weighted by Crippen LogP contribution is 2.35. The topological polar surface area (TPSA) is 53.1 Å². The first-order valence-corrected chi connectivity index (χ1v) is 8.33. The fourth-order valence-electron chi connectivity index (χ4n) is 2.97. The molecule has 0 saturated heterocycles. The van der Waals surface area contributed by atoms with Crippen LogP contribution in [0.1, 0.15) is 24.0 Å². The van der Waals surface area contributed by atoms with Crippen molar-refractivity contribution in [1.29, 1.82) is 0 Å². The summed E-state index contributed by atoms with van der Waals surface area (Å²) in [4.78, 5) is 14.0. The minimum Gasteiger partial charge on any atom is -0.481 e. The van der Waals surface area contributed by atoms with E-state index in [-0.39, 0.29) is 6.42 Å². The number of carboxylic acids is 1. The molecule has 0 bridgehead atoms. The minimum atomic E-state index is -4.39. The van der Waals surface area contributed by atoms with Gasteiger partial charge in [0.1, 0.15) is 0 Å². The zero-order valence-corrected chi connectivity index (χ0v) is 14.3. The number of halogens is 4. The number of carbonyl (C=O) groups is 1. The Morgan fingerprint density at radius 1 is 1.12 bits per heavy atom. The molecule has 3 aromatic rings. The van der Waals surface area contributed by atoms with Crippen molar-refractivity contribution >= 4 is 28.5 Å². The van der Waals surface area contributed by atoms with Crippen LogP contribution in [0.3, 0.4) is 0 Å². The van der Waals surface area contributed by atoms with E-state index in [9.17, 15) is 18.0 Å². The second-order valence-electron chi connectivity index (χ2n) is 5.99. The van der Waals surface area contributed by atoms with Crippen LogP contribution in [0.15, 0.2) is 42.5 Å². The molecule has 7 heteroatoms. The molecule has 1 aromatic heterocycles. The van der Waals surface area contributed by atoms with Crippen LogP contribution < -0.4 is 0 Å². The molecule has 0 aliphatic carbocycles. The van der Waals surface area contributed by atoms with E-state index in [1.807, 2.05) is 0 Å². The second kappa shape index (κ2) is 7.03. The first kappa shape index (κ1) is 18.3. The smallest absolute Gasteiger partial charge is 0.416 e. The highest BCUT2D eigenvalue weighted by Gasteiger charge is 2.30. The van der Waals surface area contributed by atoms with Crippen LogP contribution in [-0.4, -0.2) is 16.1 Å². The fourth-order valence-corrected chi connectivity index (χ4v) is 3.14. The van der Waals surface area contributed by atoms with E-state index in [0.29, 0.717) is 29.1 Å². The molecule has 0 aliphatic rings. The summed E-state index contributed by atoms with van der Waals surface area (Å²) in [5.74, 6) is -0.890. The van der Waals surface area contributed by atoms with Gasteiger partial charge in [0.25, 0.3) is 0 Å². The van der Waals surface area contributed by atoms with Gasteiger partial charge >= 0.3 is 12.1 Å². The number of hydrogen-bond donors (Lipinski definition) is 2. The summed E-state index contributed by atoms with van der Waals surface area (Å²) in [6.07, 6.45) is -3.48. The number of aromatic amines is 1. The lowest BCUT2D eigenvalue weighted by Gasteiger charge is -2.09. The number of carboxylic acid groups (broad SMARTS) is 1. The van der Waals surface area contributed by atoms with Crippen molar-refractivity contribution in [3.05, 3.63) is 58.6 Å². The molecule has 3 nitrogen and oxygen atoms in total. The monoisotopic (exact) mass is 381 g/mol. The van der Waals surface area contributed by atoms with Crippen molar-refractivity contribution in [3.63, 3.8) is 0 Å². The van der Waals surface area contributed by atoms with Crippen LogP contribution in [0.25, 0.3) is 22.2 Å². The lowest BCUT2D eigenvalue weighted by atomic mass is 9.99. The summed E-state index contributed by atoms with van der Waals surface area (Å²) >= 11 is 6.07. The van der Waals surface area contributed by atoms with Crippen molar-refractivity contribution in [2.45, 2.75) is 25.4 Å². The van der Waals surface area contributed by atoms with Crippen molar-refractivity contribution < 1.29 is 23.1 Å². The Morgan fingerprint density at radius 3 is 2.42 bits per heavy atom. The summed E-state index contributed by atoms with van der Waals surface area (Å²) in [5, 5.41) is 10.2. The first-order chi connectivity index (χ1) is 12.3. The SMILES string of the molecule is O=C(O)CCCc1c(-c2ccc(C(F)(F)F)cc2)[nH]c2ccc(Cl)cc12. The van der Waals surface area contributed by atoms with E-state index < -0.39 is 17.7 Å². The molecular weight excluding hydrogens is 367 g/mol. The summed E-state index contributed by atoms with van der Waals surface area (Å²) in [6.45, 7) is 0. The molecule has 0 fully saturated rings. The van der Waals surface area contributed by atoms with Gasteiger partial charge in [0.2, 0.25) is 0 Å². The number of H-pyrrole nitrogens is 1. The zero-order valence-electron chi connectivity index (χ0n) is 13.5. The Balaban J connectivity index is 2.04. The zero-order chi connectivity index (χ0) is 18.9. The molecule has 136 valence electrons. The molecule has 2 aromatic carbocycles. The van der Waals surface area contributed by atoms with E-state index >= 15 is 0 Å². The van der Waals surface area contributed by atoms with E-state index in [2.05, 4.69) is 4.98 Å². The lowest BCUT2D eigenvalue weighted by molar-refractivity contribution is -0.138. The van der Waals surface area contributed by atoms with Crippen LogP contribution in [0.2, 0.25) is 5.02 Å². The number of aromatic nitrogens is 1. The standard InChI is InChI=1S/C19H15ClF3NO2/c20-13-8-9-16-15(10-13)14(2-1-3-17(25)26)18(24-16)11-4-6-12(7-5-11)19(21,22)23/h4-10,24H,1-3H2,(H,25,26). The molecule has 0 aliphatic heterocycles. The van der Waals surface area contributed by atoms with Gasteiger partial charge in [-0.2, -0.15) is 13.2 Å². The van der Waals surface area contributed by atoms with Gasteiger partial charge in [-0.1, -0.05) is 23.7 Å². The van der Waals surface area contributed by atoms with Gasteiger partial charge in [-0.25, -0.2) is 0 Å². The fraction of sp³-hybridized carbons (Fsp3) is 0.211. The number of aliphatic carboxylic acids is 1. The molecule has 3 rings (SSSR count). The maximum atomic E-state index is 12.8. The predicted molar refractivity (Wildman–Crippen MR) is 94.3 cm³/mol. The second-order valence-corrected chi connectivity index (χ2v) is 6.43. The van der Waals surface area contributed by atoms with E-state index in [0.717, 1.165) is 28.6 Å². The molecule has 0 unspecified atom stereocenters. The number of aryl methyl sites for hydroxylation is 1. The van der Waals surface area contributed by atoms with Gasteiger partial charge in [-0.3, -0.25) is 4.79 Å². The largest absolute Gasteiger partial charge is 0.481 e. The Kier molecular flexibility index (Phi) is 4.96. The molecule has 0 radical (unpaired) electrons. The Labute approximate surface area is 152 Å².